The maximum absolute atomic E-state index is 13.7. The van der Waals surface area contributed by atoms with E-state index in [4.69, 9.17) is 4.98 Å². The zero-order valence-corrected chi connectivity index (χ0v) is 25.8. The van der Waals surface area contributed by atoms with Gasteiger partial charge in [0, 0.05) is 36.5 Å². The predicted molar refractivity (Wildman–Crippen MR) is 166 cm³/mol. The first-order chi connectivity index (χ1) is 19.3. The van der Waals surface area contributed by atoms with Crippen molar-refractivity contribution < 1.29 is 9.59 Å². The van der Waals surface area contributed by atoms with E-state index in [-0.39, 0.29) is 11.7 Å². The molecule has 3 aromatic rings. The molecule has 1 fully saturated rings. The number of benzene rings is 1. The number of aromatic nitrogens is 2. The van der Waals surface area contributed by atoms with Crippen molar-refractivity contribution in [1.29, 1.82) is 0 Å². The van der Waals surface area contributed by atoms with Crippen LogP contribution in [0.3, 0.4) is 0 Å². The predicted octanol–water partition coefficient (Wildman–Crippen LogP) is 7.32. The van der Waals surface area contributed by atoms with Crippen LogP contribution in [0.15, 0.2) is 35.7 Å². The van der Waals surface area contributed by atoms with E-state index in [9.17, 15) is 9.59 Å². The van der Waals surface area contributed by atoms with Gasteiger partial charge in [-0.15, -0.1) is 11.3 Å². The normalized spacial score (nSPS) is 14.4. The minimum atomic E-state index is 0.0749. The monoisotopic (exact) mass is 564 g/mol. The summed E-state index contributed by atoms with van der Waals surface area (Å²) in [6.45, 7) is 14.4. The van der Waals surface area contributed by atoms with Crippen LogP contribution in [0.4, 0.5) is 0 Å². The molecule has 2 aromatic heterocycles. The topological polar surface area (TPSA) is 58.4 Å². The van der Waals surface area contributed by atoms with Crippen LogP contribution in [-0.2, 0) is 13.0 Å². The van der Waals surface area contributed by atoms with Crippen LogP contribution in [0.2, 0.25) is 0 Å². The lowest BCUT2D eigenvalue weighted by Crippen LogP contribution is -2.34. The molecular weight excluding hydrogens is 516 g/mol. The highest BCUT2D eigenvalue weighted by Crippen LogP contribution is 2.23. The summed E-state index contributed by atoms with van der Waals surface area (Å²) in [5, 5.41) is 2.06. The van der Waals surface area contributed by atoms with Crippen molar-refractivity contribution >= 4 is 34.1 Å². The van der Waals surface area contributed by atoms with E-state index in [0.29, 0.717) is 29.6 Å². The maximum Gasteiger partial charge on any atom is 0.253 e. The standard InChI is InChI=1S/C33H48N4O2S/c1-25(2)15-21-36(22-16-26(3)4)33(39)27-11-13-29-30(24-27)37(20-9-19-35-17-6-5-7-18-35)32(34-29)31(38)14-12-28-10-8-23-40-28/h8,10-11,13,23-26H,5-7,9,12,14-22H2,1-4H3. The summed E-state index contributed by atoms with van der Waals surface area (Å²) in [7, 11) is 0. The lowest BCUT2D eigenvalue weighted by molar-refractivity contribution is 0.0740. The van der Waals surface area contributed by atoms with Gasteiger partial charge in [0.2, 0.25) is 0 Å². The molecule has 1 saturated heterocycles. The first-order valence-electron chi connectivity index (χ1n) is 15.4. The van der Waals surface area contributed by atoms with Gasteiger partial charge in [-0.25, -0.2) is 4.98 Å². The lowest BCUT2D eigenvalue weighted by atomic mass is 10.1. The molecule has 40 heavy (non-hydrogen) atoms. The zero-order valence-electron chi connectivity index (χ0n) is 25.0. The van der Waals surface area contributed by atoms with E-state index in [1.165, 1.54) is 37.2 Å². The van der Waals surface area contributed by atoms with Crippen LogP contribution < -0.4 is 0 Å². The van der Waals surface area contributed by atoms with Crippen molar-refractivity contribution in [2.24, 2.45) is 11.8 Å². The number of ketones is 1. The van der Waals surface area contributed by atoms with Gasteiger partial charge in [0.15, 0.2) is 11.6 Å². The quantitative estimate of drug-likeness (QED) is 0.181. The molecule has 6 nitrogen and oxygen atoms in total. The molecule has 0 unspecified atom stereocenters. The molecule has 4 rings (SSSR count). The Morgan fingerprint density at radius 2 is 1.70 bits per heavy atom. The second kappa shape index (κ2) is 14.9. The zero-order chi connectivity index (χ0) is 28.5. The minimum Gasteiger partial charge on any atom is -0.339 e. The number of imidazole rings is 1. The summed E-state index contributed by atoms with van der Waals surface area (Å²) in [6, 6.07) is 9.93. The SMILES string of the molecule is CC(C)CCN(CCC(C)C)C(=O)c1ccc2nc(C(=O)CCc3cccs3)n(CCCN3CCCCC3)c2c1. The van der Waals surface area contributed by atoms with E-state index in [2.05, 4.69) is 48.6 Å². The van der Waals surface area contributed by atoms with Gasteiger partial charge >= 0.3 is 0 Å². The van der Waals surface area contributed by atoms with E-state index < -0.39 is 0 Å². The molecule has 0 radical (unpaired) electrons. The second-order valence-corrected chi connectivity index (χ2v) is 13.2. The number of hydrogen-bond donors (Lipinski definition) is 0. The Bertz CT molecular complexity index is 1210. The Hall–Kier alpha value is -2.51. The molecule has 1 aliphatic rings. The number of carbonyl (C=O) groups excluding carboxylic acids is 2. The third-order valence-corrected chi connectivity index (χ3v) is 8.90. The Labute approximate surface area is 244 Å². The molecule has 3 heterocycles. The van der Waals surface area contributed by atoms with Gasteiger partial charge < -0.3 is 14.4 Å². The number of Topliss-reactive ketones (excluding diaryl/α,β-unsaturated/α-hetero) is 1. The number of piperidine rings is 1. The number of likely N-dealkylation sites (tertiary alicyclic amines) is 1. The van der Waals surface area contributed by atoms with Gasteiger partial charge in [-0.3, -0.25) is 9.59 Å². The Morgan fingerprint density at radius 1 is 0.975 bits per heavy atom. The van der Waals surface area contributed by atoms with Crippen molar-refractivity contribution in [2.75, 3.05) is 32.7 Å². The number of hydrogen-bond acceptors (Lipinski definition) is 5. The molecule has 218 valence electrons. The fourth-order valence-corrected chi connectivity index (χ4v) is 6.17. The fraction of sp³-hybridized carbons (Fsp3) is 0.606. The van der Waals surface area contributed by atoms with Gasteiger partial charge in [-0.1, -0.05) is 40.2 Å². The van der Waals surface area contributed by atoms with E-state index in [1.54, 1.807) is 11.3 Å². The number of thiophene rings is 1. The highest BCUT2D eigenvalue weighted by molar-refractivity contribution is 7.09. The molecule has 1 aromatic carbocycles. The molecule has 0 spiro atoms. The molecule has 7 heteroatoms. The number of nitrogens with zero attached hydrogens (tertiary/aromatic N) is 4. The third-order valence-electron chi connectivity index (χ3n) is 7.97. The van der Waals surface area contributed by atoms with Crippen LogP contribution in [0.25, 0.3) is 11.0 Å². The number of amides is 1. The average Bonchev–Trinajstić information content (AvgIpc) is 3.59. The van der Waals surface area contributed by atoms with Crippen LogP contribution in [0.1, 0.15) is 98.5 Å². The largest absolute Gasteiger partial charge is 0.339 e. The van der Waals surface area contributed by atoms with Gasteiger partial charge in [0.05, 0.1) is 11.0 Å². The summed E-state index contributed by atoms with van der Waals surface area (Å²) < 4.78 is 2.10. The Morgan fingerprint density at radius 3 is 2.35 bits per heavy atom. The average molecular weight is 565 g/mol. The lowest BCUT2D eigenvalue weighted by Gasteiger charge is -2.26. The van der Waals surface area contributed by atoms with Gasteiger partial charge in [-0.2, -0.15) is 0 Å². The maximum atomic E-state index is 13.7. The van der Waals surface area contributed by atoms with E-state index >= 15 is 0 Å². The second-order valence-electron chi connectivity index (χ2n) is 12.2. The Balaban J connectivity index is 1.58. The van der Waals surface area contributed by atoms with Crippen LogP contribution in [0.5, 0.6) is 0 Å². The number of fused-ring (bicyclic) bond motifs is 1. The van der Waals surface area contributed by atoms with Crippen LogP contribution >= 0.6 is 11.3 Å². The van der Waals surface area contributed by atoms with Gasteiger partial charge in [0.25, 0.3) is 5.91 Å². The smallest absolute Gasteiger partial charge is 0.253 e. The summed E-state index contributed by atoms with van der Waals surface area (Å²) >= 11 is 1.69. The first-order valence-corrected chi connectivity index (χ1v) is 16.3. The van der Waals surface area contributed by atoms with Crippen molar-refractivity contribution in [3.63, 3.8) is 0 Å². The van der Waals surface area contributed by atoms with Crippen molar-refractivity contribution in [3.05, 3.63) is 52.0 Å². The molecular formula is C33H48N4O2S. The first kappa shape index (κ1) is 30.4. The Kier molecular flexibility index (Phi) is 11.4. The summed E-state index contributed by atoms with van der Waals surface area (Å²) in [6.07, 6.45) is 7.99. The molecule has 0 atom stereocenters. The number of rotatable bonds is 15. The third kappa shape index (κ3) is 8.50. The fourth-order valence-electron chi connectivity index (χ4n) is 5.46. The van der Waals surface area contributed by atoms with Crippen molar-refractivity contribution in [2.45, 2.75) is 85.6 Å². The molecule has 0 bridgehead atoms. The number of aryl methyl sites for hydroxylation is 2. The van der Waals surface area contributed by atoms with Crippen molar-refractivity contribution in [3.8, 4) is 0 Å². The van der Waals surface area contributed by atoms with Crippen LogP contribution in [0, 0.1) is 11.8 Å². The molecule has 0 saturated carbocycles. The van der Waals surface area contributed by atoms with E-state index in [0.717, 1.165) is 62.9 Å². The van der Waals surface area contributed by atoms with Gasteiger partial charge in [0.1, 0.15) is 0 Å². The summed E-state index contributed by atoms with van der Waals surface area (Å²) in [5.41, 5.74) is 2.39. The summed E-state index contributed by atoms with van der Waals surface area (Å²) in [5.74, 6) is 1.77. The molecule has 0 aliphatic carbocycles. The van der Waals surface area contributed by atoms with Gasteiger partial charge in [-0.05, 0) is 99.6 Å². The highest BCUT2D eigenvalue weighted by atomic mass is 32.1. The molecule has 1 aliphatic heterocycles. The number of carbonyl (C=O) groups is 2. The van der Waals surface area contributed by atoms with E-state index in [1.807, 2.05) is 29.2 Å². The van der Waals surface area contributed by atoms with Crippen molar-refractivity contribution in [1.82, 2.24) is 19.4 Å². The molecule has 1 amide bonds. The minimum absolute atomic E-state index is 0.0749. The molecule has 0 N–H and O–H groups in total. The van der Waals surface area contributed by atoms with Crippen LogP contribution in [-0.4, -0.2) is 63.8 Å². The highest BCUT2D eigenvalue weighted by Gasteiger charge is 2.22. The summed E-state index contributed by atoms with van der Waals surface area (Å²) in [4.78, 5) is 37.8.